The highest BCUT2D eigenvalue weighted by Gasteiger charge is 2.35. The molecule has 3 heteroatoms. The maximum Gasteiger partial charge on any atom is 0.226 e. The van der Waals surface area contributed by atoms with Crippen LogP contribution in [-0.2, 0) is 4.79 Å². The third-order valence-corrected chi connectivity index (χ3v) is 5.56. The van der Waals surface area contributed by atoms with E-state index in [-0.39, 0.29) is 5.92 Å². The van der Waals surface area contributed by atoms with Crippen molar-refractivity contribution < 1.29 is 4.79 Å². The van der Waals surface area contributed by atoms with E-state index >= 15 is 0 Å². The Bertz CT molecular complexity index is 323. The van der Waals surface area contributed by atoms with Gasteiger partial charge in [0.15, 0.2) is 0 Å². The minimum atomic E-state index is 0.267. The van der Waals surface area contributed by atoms with Crippen LogP contribution < -0.4 is 0 Å². The molecule has 0 bridgehead atoms. The number of carbonyl (C=O) groups is 1. The van der Waals surface area contributed by atoms with E-state index in [9.17, 15) is 4.79 Å². The molecule has 2 saturated heterocycles. The van der Waals surface area contributed by atoms with Gasteiger partial charge in [-0.05, 0) is 51.0 Å². The molecule has 1 amide bonds. The van der Waals surface area contributed by atoms with Crippen LogP contribution in [0.15, 0.2) is 0 Å². The third kappa shape index (κ3) is 3.55. The van der Waals surface area contributed by atoms with Gasteiger partial charge in [-0.3, -0.25) is 4.79 Å². The summed E-state index contributed by atoms with van der Waals surface area (Å²) in [6.07, 6.45) is 4.63. The first-order chi connectivity index (χ1) is 9.52. The fourth-order valence-electron chi connectivity index (χ4n) is 3.67. The van der Waals surface area contributed by atoms with Crippen molar-refractivity contribution in [2.75, 3.05) is 26.2 Å². The van der Waals surface area contributed by atoms with Crippen molar-refractivity contribution in [2.45, 2.75) is 59.4 Å². The van der Waals surface area contributed by atoms with Crippen LogP contribution in [0.25, 0.3) is 0 Å². The standard InChI is InChI=1S/C17H32N2O/c1-5-15(4)19-11-8-16(14(3)12-19)17(20)18-9-6-13(2)7-10-18/h13-16H,5-12H2,1-4H3/t14-,15?,16+/m0/s1. The van der Waals surface area contributed by atoms with E-state index in [1.54, 1.807) is 0 Å². The summed E-state index contributed by atoms with van der Waals surface area (Å²) in [7, 11) is 0. The zero-order chi connectivity index (χ0) is 14.7. The Balaban J connectivity index is 1.88. The first-order valence-corrected chi connectivity index (χ1v) is 8.55. The second kappa shape index (κ2) is 6.93. The van der Waals surface area contributed by atoms with Crippen LogP contribution in [0.2, 0.25) is 0 Å². The molecule has 2 heterocycles. The SMILES string of the molecule is CCC(C)N1CC[C@@H](C(=O)N2CCC(C)CC2)[C@@H](C)C1. The minimum absolute atomic E-state index is 0.267. The van der Waals surface area contributed by atoms with Crippen LogP contribution >= 0.6 is 0 Å². The molecule has 0 N–H and O–H groups in total. The monoisotopic (exact) mass is 280 g/mol. The molecule has 2 aliphatic heterocycles. The lowest BCUT2D eigenvalue weighted by atomic mass is 9.84. The van der Waals surface area contributed by atoms with Gasteiger partial charge in [0.05, 0.1) is 0 Å². The van der Waals surface area contributed by atoms with Crippen LogP contribution in [-0.4, -0.2) is 47.9 Å². The van der Waals surface area contributed by atoms with E-state index in [4.69, 9.17) is 0 Å². The zero-order valence-corrected chi connectivity index (χ0v) is 13.8. The Labute approximate surface area is 124 Å². The largest absolute Gasteiger partial charge is 0.342 e. The molecule has 2 rings (SSSR count). The molecule has 2 aliphatic rings. The normalized spacial score (nSPS) is 31.3. The van der Waals surface area contributed by atoms with Crippen molar-refractivity contribution in [3.05, 3.63) is 0 Å². The van der Waals surface area contributed by atoms with Crippen LogP contribution in [0.4, 0.5) is 0 Å². The number of likely N-dealkylation sites (tertiary alicyclic amines) is 2. The number of rotatable bonds is 3. The Morgan fingerprint density at radius 1 is 1.15 bits per heavy atom. The molecule has 2 fully saturated rings. The molecule has 116 valence electrons. The number of amides is 1. The van der Waals surface area contributed by atoms with Gasteiger partial charge in [-0.15, -0.1) is 0 Å². The summed E-state index contributed by atoms with van der Waals surface area (Å²) in [4.78, 5) is 17.4. The molecule has 0 saturated carbocycles. The van der Waals surface area contributed by atoms with E-state index in [1.807, 2.05) is 0 Å². The average Bonchev–Trinajstić information content (AvgIpc) is 2.46. The van der Waals surface area contributed by atoms with Crippen molar-refractivity contribution in [1.29, 1.82) is 0 Å². The first-order valence-electron chi connectivity index (χ1n) is 8.55. The summed E-state index contributed by atoms with van der Waals surface area (Å²) in [5.74, 6) is 2.00. The number of nitrogens with zero attached hydrogens (tertiary/aromatic N) is 2. The summed E-state index contributed by atoms with van der Waals surface area (Å²) >= 11 is 0. The van der Waals surface area contributed by atoms with E-state index in [0.29, 0.717) is 17.9 Å². The van der Waals surface area contributed by atoms with Crippen molar-refractivity contribution in [2.24, 2.45) is 17.8 Å². The Hall–Kier alpha value is -0.570. The second-order valence-electron chi connectivity index (χ2n) is 7.13. The highest BCUT2D eigenvalue weighted by atomic mass is 16.2. The van der Waals surface area contributed by atoms with E-state index in [1.165, 1.54) is 19.3 Å². The Morgan fingerprint density at radius 2 is 1.80 bits per heavy atom. The molecule has 0 spiro atoms. The van der Waals surface area contributed by atoms with Gasteiger partial charge in [0.25, 0.3) is 0 Å². The maximum atomic E-state index is 12.7. The van der Waals surface area contributed by atoms with Crippen LogP contribution in [0.5, 0.6) is 0 Å². The van der Waals surface area contributed by atoms with Gasteiger partial charge in [-0.1, -0.05) is 20.8 Å². The molecule has 3 nitrogen and oxygen atoms in total. The molecule has 3 atom stereocenters. The number of carbonyl (C=O) groups excluding carboxylic acids is 1. The summed E-state index contributed by atoms with van der Waals surface area (Å²) in [6, 6.07) is 0.657. The summed E-state index contributed by atoms with van der Waals surface area (Å²) in [6.45, 7) is 13.3. The quantitative estimate of drug-likeness (QED) is 0.793. The molecule has 0 radical (unpaired) electrons. The molecular weight excluding hydrogens is 248 g/mol. The highest BCUT2D eigenvalue weighted by Crippen LogP contribution is 2.28. The number of piperidine rings is 2. The second-order valence-corrected chi connectivity index (χ2v) is 7.13. The predicted molar refractivity (Wildman–Crippen MR) is 83.6 cm³/mol. The topological polar surface area (TPSA) is 23.6 Å². The number of hydrogen-bond acceptors (Lipinski definition) is 2. The third-order valence-electron chi connectivity index (χ3n) is 5.56. The van der Waals surface area contributed by atoms with Crippen LogP contribution in [0, 0.1) is 17.8 Å². The van der Waals surface area contributed by atoms with E-state index in [2.05, 4.69) is 37.5 Å². The molecule has 0 aromatic heterocycles. The van der Waals surface area contributed by atoms with Crippen molar-refractivity contribution >= 4 is 5.91 Å². The van der Waals surface area contributed by atoms with Crippen molar-refractivity contribution in [3.8, 4) is 0 Å². The minimum Gasteiger partial charge on any atom is -0.342 e. The molecule has 0 aromatic carbocycles. The molecule has 20 heavy (non-hydrogen) atoms. The summed E-state index contributed by atoms with van der Waals surface area (Å²) in [5, 5.41) is 0. The first kappa shape index (κ1) is 15.8. The lowest BCUT2D eigenvalue weighted by molar-refractivity contribution is -0.140. The fourth-order valence-corrected chi connectivity index (χ4v) is 3.67. The van der Waals surface area contributed by atoms with Gasteiger partial charge >= 0.3 is 0 Å². The highest BCUT2D eigenvalue weighted by molar-refractivity contribution is 5.79. The number of hydrogen-bond donors (Lipinski definition) is 0. The van der Waals surface area contributed by atoms with E-state index < -0.39 is 0 Å². The maximum absolute atomic E-state index is 12.7. The Morgan fingerprint density at radius 3 is 2.35 bits per heavy atom. The van der Waals surface area contributed by atoms with Gasteiger partial charge in [0.1, 0.15) is 0 Å². The predicted octanol–water partition coefficient (Wildman–Crippen LogP) is 3.00. The lowest BCUT2D eigenvalue weighted by Gasteiger charge is -2.41. The average molecular weight is 280 g/mol. The summed E-state index contributed by atoms with van der Waals surface area (Å²) in [5.41, 5.74) is 0. The Kier molecular flexibility index (Phi) is 5.48. The van der Waals surface area contributed by atoms with Crippen molar-refractivity contribution in [1.82, 2.24) is 9.80 Å². The van der Waals surface area contributed by atoms with Crippen molar-refractivity contribution in [3.63, 3.8) is 0 Å². The van der Waals surface area contributed by atoms with Gasteiger partial charge in [0.2, 0.25) is 5.91 Å². The van der Waals surface area contributed by atoms with Gasteiger partial charge in [-0.2, -0.15) is 0 Å². The molecular formula is C17H32N2O. The van der Waals surface area contributed by atoms with Gasteiger partial charge < -0.3 is 9.80 Å². The van der Waals surface area contributed by atoms with Crippen LogP contribution in [0.3, 0.4) is 0 Å². The molecule has 0 aliphatic carbocycles. The zero-order valence-electron chi connectivity index (χ0n) is 13.8. The molecule has 0 aromatic rings. The lowest BCUT2D eigenvalue weighted by Crippen LogP contribution is -2.50. The van der Waals surface area contributed by atoms with Gasteiger partial charge in [-0.25, -0.2) is 0 Å². The van der Waals surface area contributed by atoms with E-state index in [0.717, 1.165) is 38.5 Å². The molecule has 1 unspecified atom stereocenters. The van der Waals surface area contributed by atoms with Crippen LogP contribution in [0.1, 0.15) is 53.4 Å². The smallest absolute Gasteiger partial charge is 0.226 e. The fraction of sp³-hybridized carbons (Fsp3) is 0.941. The van der Waals surface area contributed by atoms with Gasteiger partial charge in [0, 0.05) is 31.6 Å². The summed E-state index contributed by atoms with van der Waals surface area (Å²) < 4.78 is 0.